The Kier molecular flexibility index (Phi) is 4.55. The van der Waals surface area contributed by atoms with Gasteiger partial charge in [0.15, 0.2) is 0 Å². The average Bonchev–Trinajstić information content (AvgIpc) is 2.89. The molecule has 5 heteroatoms. The highest BCUT2D eigenvalue weighted by Gasteiger charge is 2.03. The summed E-state index contributed by atoms with van der Waals surface area (Å²) in [6.45, 7) is 2.56. The molecule has 0 fully saturated rings. The van der Waals surface area contributed by atoms with Crippen LogP contribution in [0, 0.1) is 6.92 Å². The second-order valence-electron chi connectivity index (χ2n) is 4.28. The SMILES string of the molecule is Cc1ccc(OCCCC(=O)Nc2ccn[nH]2)cc1. The third-order valence-electron chi connectivity index (χ3n) is 2.61. The van der Waals surface area contributed by atoms with Crippen LogP contribution in [0.1, 0.15) is 18.4 Å². The first kappa shape index (κ1) is 13.1. The summed E-state index contributed by atoms with van der Waals surface area (Å²) < 4.78 is 5.55. The highest BCUT2D eigenvalue weighted by molar-refractivity contribution is 5.89. The summed E-state index contributed by atoms with van der Waals surface area (Å²) in [4.78, 5) is 11.6. The third-order valence-corrected chi connectivity index (χ3v) is 2.61. The molecule has 0 bridgehead atoms. The summed E-state index contributed by atoms with van der Waals surface area (Å²) in [7, 11) is 0. The van der Waals surface area contributed by atoms with E-state index >= 15 is 0 Å². The highest BCUT2D eigenvalue weighted by Crippen LogP contribution is 2.11. The van der Waals surface area contributed by atoms with Gasteiger partial charge in [0.2, 0.25) is 5.91 Å². The van der Waals surface area contributed by atoms with Gasteiger partial charge in [0, 0.05) is 12.5 Å². The van der Waals surface area contributed by atoms with Gasteiger partial charge in [-0.1, -0.05) is 17.7 Å². The predicted octanol–water partition coefficient (Wildman–Crippen LogP) is 2.52. The van der Waals surface area contributed by atoms with Gasteiger partial charge in [0.05, 0.1) is 12.8 Å². The number of hydrogen-bond donors (Lipinski definition) is 2. The lowest BCUT2D eigenvalue weighted by Gasteiger charge is -2.06. The number of aromatic nitrogens is 2. The van der Waals surface area contributed by atoms with Crippen molar-refractivity contribution in [2.24, 2.45) is 0 Å². The van der Waals surface area contributed by atoms with Crippen LogP contribution in [0.4, 0.5) is 5.82 Å². The lowest BCUT2D eigenvalue weighted by atomic mass is 10.2. The number of ether oxygens (including phenoxy) is 1. The molecular formula is C14H17N3O2. The topological polar surface area (TPSA) is 67.0 Å². The minimum absolute atomic E-state index is 0.0447. The number of rotatable bonds is 6. The molecule has 1 aromatic heterocycles. The van der Waals surface area contributed by atoms with Crippen molar-refractivity contribution in [2.45, 2.75) is 19.8 Å². The van der Waals surface area contributed by atoms with Crippen LogP contribution < -0.4 is 10.1 Å². The number of H-pyrrole nitrogens is 1. The van der Waals surface area contributed by atoms with E-state index in [4.69, 9.17) is 4.74 Å². The van der Waals surface area contributed by atoms with Crippen molar-refractivity contribution in [3.63, 3.8) is 0 Å². The largest absolute Gasteiger partial charge is 0.494 e. The Morgan fingerprint density at radius 3 is 2.79 bits per heavy atom. The minimum atomic E-state index is -0.0447. The molecule has 0 unspecified atom stereocenters. The molecule has 19 heavy (non-hydrogen) atoms. The number of nitrogens with zero attached hydrogens (tertiary/aromatic N) is 1. The summed E-state index contributed by atoms with van der Waals surface area (Å²) in [5.41, 5.74) is 1.20. The summed E-state index contributed by atoms with van der Waals surface area (Å²) in [5, 5.41) is 9.15. The number of carbonyl (C=O) groups is 1. The Morgan fingerprint density at radius 1 is 1.32 bits per heavy atom. The Balaban J connectivity index is 1.64. The Labute approximate surface area is 112 Å². The lowest BCUT2D eigenvalue weighted by molar-refractivity contribution is -0.116. The molecule has 1 amide bonds. The van der Waals surface area contributed by atoms with Crippen LogP contribution in [-0.2, 0) is 4.79 Å². The van der Waals surface area contributed by atoms with E-state index < -0.39 is 0 Å². The monoisotopic (exact) mass is 259 g/mol. The summed E-state index contributed by atoms with van der Waals surface area (Å²) in [6.07, 6.45) is 2.69. The maximum atomic E-state index is 11.6. The van der Waals surface area contributed by atoms with Crippen LogP contribution in [0.3, 0.4) is 0 Å². The van der Waals surface area contributed by atoms with Crippen LogP contribution in [-0.4, -0.2) is 22.7 Å². The zero-order valence-corrected chi connectivity index (χ0v) is 10.8. The van der Waals surface area contributed by atoms with E-state index in [-0.39, 0.29) is 5.91 Å². The highest BCUT2D eigenvalue weighted by atomic mass is 16.5. The zero-order valence-electron chi connectivity index (χ0n) is 10.8. The lowest BCUT2D eigenvalue weighted by Crippen LogP contribution is -2.13. The van der Waals surface area contributed by atoms with E-state index in [9.17, 15) is 4.79 Å². The molecule has 1 aromatic carbocycles. The van der Waals surface area contributed by atoms with Crippen LogP contribution in [0.25, 0.3) is 0 Å². The normalized spacial score (nSPS) is 10.2. The van der Waals surface area contributed by atoms with E-state index in [0.29, 0.717) is 25.3 Å². The molecule has 0 atom stereocenters. The smallest absolute Gasteiger partial charge is 0.225 e. The quantitative estimate of drug-likeness (QED) is 0.783. The number of nitrogens with one attached hydrogen (secondary N) is 2. The van der Waals surface area contributed by atoms with Crippen molar-refractivity contribution in [3.05, 3.63) is 42.1 Å². The van der Waals surface area contributed by atoms with Gasteiger partial charge in [0.25, 0.3) is 0 Å². The molecule has 2 aromatic rings. The van der Waals surface area contributed by atoms with E-state index in [1.807, 2.05) is 31.2 Å². The Morgan fingerprint density at radius 2 is 2.11 bits per heavy atom. The molecule has 0 saturated carbocycles. The van der Waals surface area contributed by atoms with E-state index in [1.54, 1.807) is 12.3 Å². The number of aryl methyl sites for hydroxylation is 1. The first-order valence-corrected chi connectivity index (χ1v) is 6.23. The number of aromatic amines is 1. The van der Waals surface area contributed by atoms with Gasteiger partial charge in [-0.25, -0.2) is 0 Å². The second kappa shape index (κ2) is 6.58. The maximum absolute atomic E-state index is 11.6. The van der Waals surface area contributed by atoms with Crippen molar-refractivity contribution in [3.8, 4) is 5.75 Å². The van der Waals surface area contributed by atoms with Crippen molar-refractivity contribution in [2.75, 3.05) is 11.9 Å². The first-order valence-electron chi connectivity index (χ1n) is 6.23. The molecule has 1 heterocycles. The van der Waals surface area contributed by atoms with Gasteiger partial charge < -0.3 is 10.1 Å². The molecule has 0 aliphatic heterocycles. The zero-order chi connectivity index (χ0) is 13.5. The fourth-order valence-electron chi connectivity index (χ4n) is 1.60. The molecular weight excluding hydrogens is 242 g/mol. The molecule has 2 rings (SSSR count). The van der Waals surface area contributed by atoms with E-state index in [1.165, 1.54) is 5.56 Å². The molecule has 0 spiro atoms. The average molecular weight is 259 g/mol. The molecule has 0 saturated heterocycles. The van der Waals surface area contributed by atoms with Crippen LogP contribution in [0.5, 0.6) is 5.75 Å². The van der Waals surface area contributed by atoms with Gasteiger partial charge in [-0.3, -0.25) is 9.89 Å². The molecule has 0 aliphatic carbocycles. The number of hydrogen-bond acceptors (Lipinski definition) is 3. The minimum Gasteiger partial charge on any atom is -0.494 e. The fraction of sp³-hybridized carbons (Fsp3) is 0.286. The second-order valence-corrected chi connectivity index (χ2v) is 4.28. The number of amides is 1. The first-order chi connectivity index (χ1) is 9.24. The molecule has 100 valence electrons. The Hall–Kier alpha value is -2.30. The van der Waals surface area contributed by atoms with Gasteiger partial charge >= 0.3 is 0 Å². The number of anilines is 1. The summed E-state index contributed by atoms with van der Waals surface area (Å²) >= 11 is 0. The van der Waals surface area contributed by atoms with Crippen molar-refractivity contribution in [1.29, 1.82) is 0 Å². The standard InChI is InChI=1S/C14H17N3O2/c1-11-4-6-12(7-5-11)19-10-2-3-14(18)16-13-8-9-15-17-13/h4-9H,2-3,10H2,1H3,(H2,15,16,17,18). The van der Waals surface area contributed by atoms with Crippen molar-refractivity contribution < 1.29 is 9.53 Å². The van der Waals surface area contributed by atoms with Crippen LogP contribution in [0.2, 0.25) is 0 Å². The number of benzene rings is 1. The van der Waals surface area contributed by atoms with E-state index in [0.717, 1.165) is 5.75 Å². The molecule has 5 nitrogen and oxygen atoms in total. The third kappa shape index (κ3) is 4.46. The maximum Gasteiger partial charge on any atom is 0.225 e. The Bertz CT molecular complexity index is 506. The van der Waals surface area contributed by atoms with Crippen LogP contribution >= 0.6 is 0 Å². The van der Waals surface area contributed by atoms with Gasteiger partial charge in [-0.05, 0) is 25.5 Å². The molecule has 0 aliphatic rings. The van der Waals surface area contributed by atoms with Crippen molar-refractivity contribution in [1.82, 2.24) is 10.2 Å². The fourth-order valence-corrected chi connectivity index (χ4v) is 1.60. The van der Waals surface area contributed by atoms with Crippen molar-refractivity contribution >= 4 is 11.7 Å². The van der Waals surface area contributed by atoms with Gasteiger partial charge in [-0.15, -0.1) is 0 Å². The van der Waals surface area contributed by atoms with Crippen LogP contribution in [0.15, 0.2) is 36.5 Å². The summed E-state index contributed by atoms with van der Waals surface area (Å²) in [5.74, 6) is 1.40. The summed E-state index contributed by atoms with van der Waals surface area (Å²) in [6, 6.07) is 9.57. The van der Waals surface area contributed by atoms with Gasteiger partial charge in [-0.2, -0.15) is 5.10 Å². The molecule has 0 radical (unpaired) electrons. The number of carbonyl (C=O) groups excluding carboxylic acids is 1. The van der Waals surface area contributed by atoms with E-state index in [2.05, 4.69) is 15.5 Å². The molecule has 2 N–H and O–H groups in total. The van der Waals surface area contributed by atoms with Gasteiger partial charge in [0.1, 0.15) is 11.6 Å². The predicted molar refractivity (Wildman–Crippen MR) is 73.1 cm³/mol.